The first kappa shape index (κ1) is 19.4. The normalized spacial score (nSPS) is 16.8. The minimum atomic E-state index is -0.218. The number of aromatic nitrogens is 2. The van der Waals surface area contributed by atoms with Crippen molar-refractivity contribution in [2.24, 2.45) is 0 Å². The summed E-state index contributed by atoms with van der Waals surface area (Å²) in [4.78, 5) is 31.6. The number of nitrogens with one attached hydrogen (secondary N) is 1. The zero-order chi connectivity index (χ0) is 20.5. The number of halogens is 1. The maximum atomic E-state index is 13.0. The van der Waals surface area contributed by atoms with Crippen molar-refractivity contribution in [3.05, 3.63) is 57.9 Å². The number of carbonyl (C=O) groups excluding carboxylic acids is 2. The third-order valence-electron chi connectivity index (χ3n) is 5.27. The number of likely N-dealkylation sites (tertiary alicyclic amines) is 1. The molecule has 0 spiro atoms. The van der Waals surface area contributed by atoms with E-state index in [0.29, 0.717) is 51.7 Å². The Morgan fingerprint density at radius 2 is 2.07 bits per heavy atom. The van der Waals surface area contributed by atoms with Gasteiger partial charge in [-0.2, -0.15) is 0 Å². The highest BCUT2D eigenvalue weighted by molar-refractivity contribution is 6.33. The second kappa shape index (κ2) is 7.83. The molecule has 1 aliphatic rings. The number of piperidine rings is 1. The van der Waals surface area contributed by atoms with Gasteiger partial charge in [0.05, 0.1) is 27.2 Å². The van der Waals surface area contributed by atoms with Gasteiger partial charge in [0.1, 0.15) is 0 Å². The highest BCUT2D eigenvalue weighted by Crippen LogP contribution is 2.34. The molecule has 0 aliphatic carbocycles. The van der Waals surface area contributed by atoms with Crippen LogP contribution in [0.5, 0.6) is 0 Å². The number of carbonyl (C=O) groups is 2. The van der Waals surface area contributed by atoms with E-state index >= 15 is 0 Å². The Kier molecular flexibility index (Phi) is 5.24. The van der Waals surface area contributed by atoms with Crippen molar-refractivity contribution in [2.75, 3.05) is 20.1 Å². The molecule has 8 heteroatoms. The number of hydrogen-bond donors (Lipinski definition) is 1. The number of nitrogens with zero attached hydrogens (tertiary/aromatic N) is 3. The third kappa shape index (κ3) is 3.58. The fraction of sp³-hybridized carbons (Fsp3) is 0.333. The number of amides is 2. The third-order valence-corrected chi connectivity index (χ3v) is 5.60. The van der Waals surface area contributed by atoms with Gasteiger partial charge >= 0.3 is 0 Å². The summed E-state index contributed by atoms with van der Waals surface area (Å²) in [7, 11) is 1.59. The number of fused-ring (bicyclic) bond motifs is 1. The average Bonchev–Trinajstić information content (AvgIpc) is 3.16. The lowest BCUT2D eigenvalue weighted by Crippen LogP contribution is -2.39. The minimum Gasteiger partial charge on any atom is -0.355 e. The van der Waals surface area contributed by atoms with Gasteiger partial charge in [-0.25, -0.2) is 4.98 Å². The van der Waals surface area contributed by atoms with Crippen LogP contribution in [0.25, 0.3) is 11.1 Å². The van der Waals surface area contributed by atoms with Crippen LogP contribution < -0.4 is 5.32 Å². The molecule has 1 aromatic carbocycles. The molecule has 1 N–H and O–H groups in total. The summed E-state index contributed by atoms with van der Waals surface area (Å²) in [6.07, 6.45) is 1.67. The molecule has 150 valence electrons. The molecule has 0 saturated carbocycles. The molecule has 2 aromatic heterocycles. The van der Waals surface area contributed by atoms with Crippen LogP contribution in [-0.4, -0.2) is 47.0 Å². The maximum Gasteiger partial charge on any atom is 0.259 e. The predicted octanol–water partition coefficient (Wildman–Crippen LogP) is 3.56. The zero-order valence-corrected chi connectivity index (χ0v) is 17.0. The van der Waals surface area contributed by atoms with E-state index in [1.807, 2.05) is 0 Å². The van der Waals surface area contributed by atoms with E-state index < -0.39 is 0 Å². The molecule has 1 unspecified atom stereocenters. The Morgan fingerprint density at radius 1 is 1.28 bits per heavy atom. The van der Waals surface area contributed by atoms with E-state index in [1.54, 1.807) is 49.2 Å². The highest BCUT2D eigenvalue weighted by atomic mass is 35.5. The van der Waals surface area contributed by atoms with Crippen molar-refractivity contribution >= 4 is 34.5 Å². The van der Waals surface area contributed by atoms with Crippen LogP contribution in [0.4, 0.5) is 0 Å². The van der Waals surface area contributed by atoms with Crippen LogP contribution in [0, 0.1) is 6.92 Å². The molecule has 2 amide bonds. The summed E-state index contributed by atoms with van der Waals surface area (Å²) < 4.78 is 5.45. The summed E-state index contributed by atoms with van der Waals surface area (Å²) in [6, 6.07) is 8.78. The molecular weight excluding hydrogens is 392 g/mol. The summed E-state index contributed by atoms with van der Waals surface area (Å²) in [5, 5.41) is 7.96. The second-order valence-electron chi connectivity index (χ2n) is 7.21. The number of aryl methyl sites for hydroxylation is 1. The van der Waals surface area contributed by atoms with E-state index in [1.165, 1.54) is 0 Å². The van der Waals surface area contributed by atoms with E-state index in [2.05, 4.69) is 15.5 Å². The van der Waals surface area contributed by atoms with E-state index in [4.69, 9.17) is 16.1 Å². The van der Waals surface area contributed by atoms with Crippen molar-refractivity contribution in [2.45, 2.75) is 25.7 Å². The van der Waals surface area contributed by atoms with Gasteiger partial charge in [-0.05, 0) is 38.0 Å². The highest BCUT2D eigenvalue weighted by Gasteiger charge is 2.31. The fourth-order valence-electron chi connectivity index (χ4n) is 3.88. The molecule has 3 aromatic rings. The van der Waals surface area contributed by atoms with Gasteiger partial charge in [0, 0.05) is 31.7 Å². The Bertz CT molecular complexity index is 1090. The fourth-order valence-corrected chi connectivity index (χ4v) is 4.10. The monoisotopic (exact) mass is 412 g/mol. The first-order valence-electron chi connectivity index (χ1n) is 9.52. The van der Waals surface area contributed by atoms with Gasteiger partial charge < -0.3 is 14.7 Å². The lowest BCUT2D eigenvalue weighted by Gasteiger charge is -2.32. The maximum absolute atomic E-state index is 13.0. The summed E-state index contributed by atoms with van der Waals surface area (Å²) in [5.41, 5.74) is 2.66. The topological polar surface area (TPSA) is 88.3 Å². The first-order chi connectivity index (χ1) is 14.0. The van der Waals surface area contributed by atoms with Gasteiger partial charge in [0.2, 0.25) is 0 Å². The van der Waals surface area contributed by atoms with E-state index in [9.17, 15) is 9.59 Å². The number of benzene rings is 1. The Hall–Kier alpha value is -2.93. The van der Waals surface area contributed by atoms with Crippen molar-refractivity contribution in [3.8, 4) is 0 Å². The molecule has 3 heterocycles. The average molecular weight is 413 g/mol. The Labute approximate surface area is 173 Å². The Balaban J connectivity index is 1.69. The summed E-state index contributed by atoms with van der Waals surface area (Å²) in [6.45, 7) is 2.93. The molecular formula is C21H21ClN4O3. The standard InChI is InChI=1S/C21H21ClN4O3/c1-12-10-15(19(27)23-2)17-18(25-29-20(17)24-12)13-6-5-9-26(11-13)21(28)14-7-3-4-8-16(14)22/h3-4,7-8,10,13H,5-6,9,11H2,1-2H3,(H,23,27). The summed E-state index contributed by atoms with van der Waals surface area (Å²) in [5.74, 6) is -0.372. The molecule has 1 fully saturated rings. The summed E-state index contributed by atoms with van der Waals surface area (Å²) >= 11 is 6.21. The van der Waals surface area contributed by atoms with Crippen molar-refractivity contribution in [3.63, 3.8) is 0 Å². The SMILES string of the molecule is CNC(=O)c1cc(C)nc2onc(C3CCCN(C(=O)c4ccccc4Cl)C3)c12. The van der Waals surface area contributed by atoms with Gasteiger partial charge in [-0.15, -0.1) is 0 Å². The number of rotatable bonds is 3. The molecule has 1 aliphatic heterocycles. The quantitative estimate of drug-likeness (QED) is 0.710. The number of pyridine rings is 1. The van der Waals surface area contributed by atoms with Gasteiger partial charge in [-0.3, -0.25) is 9.59 Å². The van der Waals surface area contributed by atoms with Crippen LogP contribution in [0.1, 0.15) is 50.9 Å². The predicted molar refractivity (Wildman–Crippen MR) is 109 cm³/mol. The lowest BCUT2D eigenvalue weighted by molar-refractivity contribution is 0.0705. The Morgan fingerprint density at radius 3 is 2.83 bits per heavy atom. The molecule has 1 atom stereocenters. The van der Waals surface area contributed by atoms with E-state index in [0.717, 1.165) is 12.8 Å². The van der Waals surface area contributed by atoms with Crippen molar-refractivity contribution in [1.82, 2.24) is 20.4 Å². The van der Waals surface area contributed by atoms with Crippen molar-refractivity contribution in [1.29, 1.82) is 0 Å². The van der Waals surface area contributed by atoms with Crippen LogP contribution in [0.3, 0.4) is 0 Å². The molecule has 0 bridgehead atoms. The van der Waals surface area contributed by atoms with Gasteiger partial charge in [0.15, 0.2) is 0 Å². The molecule has 4 rings (SSSR count). The largest absolute Gasteiger partial charge is 0.355 e. The minimum absolute atomic E-state index is 0.0515. The van der Waals surface area contributed by atoms with E-state index in [-0.39, 0.29) is 17.7 Å². The second-order valence-corrected chi connectivity index (χ2v) is 7.62. The smallest absolute Gasteiger partial charge is 0.259 e. The molecule has 1 saturated heterocycles. The first-order valence-corrected chi connectivity index (χ1v) is 9.90. The molecule has 0 radical (unpaired) electrons. The zero-order valence-electron chi connectivity index (χ0n) is 16.2. The van der Waals surface area contributed by atoms with Gasteiger partial charge in [0.25, 0.3) is 17.5 Å². The van der Waals surface area contributed by atoms with Crippen molar-refractivity contribution < 1.29 is 14.1 Å². The van der Waals surface area contributed by atoms with Gasteiger partial charge in [-0.1, -0.05) is 28.9 Å². The lowest BCUT2D eigenvalue weighted by atomic mass is 9.91. The van der Waals surface area contributed by atoms with Crippen LogP contribution in [-0.2, 0) is 0 Å². The van der Waals surface area contributed by atoms with Crippen LogP contribution in [0.15, 0.2) is 34.9 Å². The molecule has 7 nitrogen and oxygen atoms in total. The van der Waals surface area contributed by atoms with Crippen LogP contribution >= 0.6 is 11.6 Å². The van der Waals surface area contributed by atoms with Crippen LogP contribution in [0.2, 0.25) is 5.02 Å². The number of hydrogen-bond acceptors (Lipinski definition) is 5. The molecule has 29 heavy (non-hydrogen) atoms.